The number of rotatable bonds is 5. The number of phenols is 1. The molecule has 1 atom stereocenters. The molecular formula is C23H24O. The third-order valence-electron chi connectivity index (χ3n) is 4.70. The van der Waals surface area contributed by atoms with Gasteiger partial charge in [-0.25, -0.2) is 0 Å². The van der Waals surface area contributed by atoms with E-state index in [9.17, 15) is 5.11 Å². The molecule has 1 heteroatoms. The first-order valence-corrected chi connectivity index (χ1v) is 8.53. The lowest BCUT2D eigenvalue weighted by atomic mass is 9.84. The van der Waals surface area contributed by atoms with E-state index in [1.54, 1.807) is 6.07 Å². The lowest BCUT2D eigenvalue weighted by molar-refractivity contribution is 0.466. The summed E-state index contributed by atoms with van der Waals surface area (Å²) in [6, 6.07) is 20.8. The Balaban J connectivity index is 2.15. The van der Waals surface area contributed by atoms with Crippen LogP contribution in [0.2, 0.25) is 0 Å². The quantitative estimate of drug-likeness (QED) is 0.542. The second kappa shape index (κ2) is 6.92. The van der Waals surface area contributed by atoms with Gasteiger partial charge in [-0.1, -0.05) is 74.5 Å². The molecule has 3 aromatic rings. The second-order valence-corrected chi connectivity index (χ2v) is 6.62. The zero-order valence-corrected chi connectivity index (χ0v) is 14.4. The molecule has 3 aromatic carbocycles. The monoisotopic (exact) mass is 316 g/mol. The molecule has 0 aliphatic rings. The van der Waals surface area contributed by atoms with Gasteiger partial charge < -0.3 is 5.11 Å². The molecule has 1 nitrogen and oxygen atoms in total. The molecule has 0 heterocycles. The topological polar surface area (TPSA) is 20.2 Å². The normalized spacial score (nSPS) is 12.5. The summed E-state index contributed by atoms with van der Waals surface area (Å²) in [5.74, 6) is 0.978. The van der Waals surface area contributed by atoms with E-state index in [2.05, 4.69) is 56.8 Å². The summed E-state index contributed by atoms with van der Waals surface area (Å²) >= 11 is 0. The molecule has 0 saturated carbocycles. The summed E-state index contributed by atoms with van der Waals surface area (Å²) in [4.78, 5) is 0. The van der Waals surface area contributed by atoms with Gasteiger partial charge in [0, 0.05) is 11.5 Å². The van der Waals surface area contributed by atoms with Crippen molar-refractivity contribution in [2.45, 2.75) is 32.1 Å². The molecule has 0 spiro atoms. The molecule has 24 heavy (non-hydrogen) atoms. The van der Waals surface area contributed by atoms with Crippen LogP contribution in [0.3, 0.4) is 0 Å². The maximum absolute atomic E-state index is 10.6. The second-order valence-electron chi connectivity index (χ2n) is 6.62. The number of aromatic hydroxyl groups is 1. The minimum Gasteiger partial charge on any atom is -0.508 e. The number of hydrogen-bond acceptors (Lipinski definition) is 1. The fraction of sp³-hybridized carbons (Fsp3) is 0.217. The average molecular weight is 316 g/mol. The smallest absolute Gasteiger partial charge is 0.120 e. The van der Waals surface area contributed by atoms with Crippen LogP contribution in [0.5, 0.6) is 5.75 Å². The summed E-state index contributed by atoms with van der Waals surface area (Å²) in [5, 5.41) is 12.8. The minimum absolute atomic E-state index is 0.106. The first-order chi connectivity index (χ1) is 11.6. The van der Waals surface area contributed by atoms with Crippen molar-refractivity contribution in [1.29, 1.82) is 0 Å². The van der Waals surface area contributed by atoms with Crippen molar-refractivity contribution in [2.75, 3.05) is 0 Å². The van der Waals surface area contributed by atoms with E-state index in [0.717, 1.165) is 22.8 Å². The van der Waals surface area contributed by atoms with Gasteiger partial charge in [-0.2, -0.15) is 0 Å². The third kappa shape index (κ3) is 3.07. The van der Waals surface area contributed by atoms with E-state index in [0.29, 0.717) is 11.7 Å². The van der Waals surface area contributed by atoms with E-state index in [1.807, 2.05) is 24.3 Å². The maximum atomic E-state index is 10.6. The Bertz CT molecular complexity index is 844. The predicted octanol–water partition coefficient (Wildman–Crippen LogP) is 6.38. The zero-order chi connectivity index (χ0) is 17.1. The summed E-state index contributed by atoms with van der Waals surface area (Å²) in [5.41, 5.74) is 3.54. The van der Waals surface area contributed by atoms with E-state index < -0.39 is 0 Å². The summed E-state index contributed by atoms with van der Waals surface area (Å²) in [6.07, 6.45) is 2.73. The van der Waals surface area contributed by atoms with E-state index in [1.165, 1.54) is 11.1 Å². The standard InChI is InChI=1S/C23H24O/c1-4-7-20(19-12-10-17(11-13-19)16(2)3)23-21-9-6-5-8-18(21)14-15-22(23)24/h4-6,8-16,20,24H,1,7H2,2-3H3. The fourth-order valence-electron chi connectivity index (χ4n) is 3.35. The van der Waals surface area contributed by atoms with E-state index in [4.69, 9.17) is 0 Å². The van der Waals surface area contributed by atoms with Crippen molar-refractivity contribution in [1.82, 2.24) is 0 Å². The van der Waals surface area contributed by atoms with Crippen molar-refractivity contribution < 1.29 is 5.11 Å². The maximum Gasteiger partial charge on any atom is 0.120 e. The Labute approximate surface area is 144 Å². The Morgan fingerprint density at radius 1 is 0.917 bits per heavy atom. The lowest BCUT2D eigenvalue weighted by Crippen LogP contribution is -2.02. The Morgan fingerprint density at radius 3 is 2.25 bits per heavy atom. The Morgan fingerprint density at radius 2 is 1.58 bits per heavy atom. The molecule has 0 amide bonds. The number of fused-ring (bicyclic) bond motifs is 1. The van der Waals surface area contributed by atoms with Gasteiger partial charge in [0.25, 0.3) is 0 Å². The van der Waals surface area contributed by atoms with E-state index in [-0.39, 0.29) is 5.92 Å². The minimum atomic E-state index is 0.106. The van der Waals surface area contributed by atoms with Crippen LogP contribution in [-0.4, -0.2) is 5.11 Å². The highest BCUT2D eigenvalue weighted by atomic mass is 16.3. The Hall–Kier alpha value is -2.54. The predicted molar refractivity (Wildman–Crippen MR) is 103 cm³/mol. The number of allylic oxidation sites excluding steroid dienone is 1. The highest BCUT2D eigenvalue weighted by Crippen LogP contribution is 2.39. The average Bonchev–Trinajstić information content (AvgIpc) is 2.60. The molecule has 3 rings (SSSR count). The molecule has 1 unspecified atom stereocenters. The van der Waals surface area contributed by atoms with Gasteiger partial charge >= 0.3 is 0 Å². The van der Waals surface area contributed by atoms with Gasteiger partial charge in [-0.05, 0) is 40.3 Å². The number of hydrogen-bond donors (Lipinski definition) is 1. The SMILES string of the molecule is C=CCC(c1ccc(C(C)C)cc1)c1c(O)ccc2ccccc12. The van der Waals surface area contributed by atoms with Crippen molar-refractivity contribution in [2.24, 2.45) is 0 Å². The summed E-state index contributed by atoms with van der Waals surface area (Å²) in [6.45, 7) is 8.33. The van der Waals surface area contributed by atoms with Gasteiger partial charge in [0.05, 0.1) is 0 Å². The highest BCUT2D eigenvalue weighted by Gasteiger charge is 2.19. The molecule has 0 radical (unpaired) electrons. The molecule has 0 aliphatic heterocycles. The van der Waals surface area contributed by atoms with Crippen LogP contribution in [0.1, 0.15) is 48.8 Å². The third-order valence-corrected chi connectivity index (χ3v) is 4.70. The molecule has 0 aliphatic carbocycles. The van der Waals surface area contributed by atoms with Crippen LogP contribution in [0.15, 0.2) is 73.3 Å². The summed E-state index contributed by atoms with van der Waals surface area (Å²) < 4.78 is 0. The van der Waals surface area contributed by atoms with Crippen molar-refractivity contribution >= 4 is 10.8 Å². The number of phenolic OH excluding ortho intramolecular Hbond substituents is 1. The van der Waals surface area contributed by atoms with Crippen LogP contribution in [0, 0.1) is 0 Å². The van der Waals surface area contributed by atoms with Crippen LogP contribution < -0.4 is 0 Å². The molecule has 0 aromatic heterocycles. The molecule has 0 saturated heterocycles. The first kappa shape index (κ1) is 16.3. The summed E-state index contributed by atoms with van der Waals surface area (Å²) in [7, 11) is 0. The molecule has 0 bridgehead atoms. The Kier molecular flexibility index (Phi) is 4.71. The molecule has 1 N–H and O–H groups in total. The van der Waals surface area contributed by atoms with Crippen LogP contribution in [0.4, 0.5) is 0 Å². The highest BCUT2D eigenvalue weighted by molar-refractivity contribution is 5.88. The van der Waals surface area contributed by atoms with Gasteiger partial charge in [-0.3, -0.25) is 0 Å². The zero-order valence-electron chi connectivity index (χ0n) is 14.4. The van der Waals surface area contributed by atoms with Gasteiger partial charge in [0.1, 0.15) is 5.75 Å². The van der Waals surface area contributed by atoms with Crippen LogP contribution in [-0.2, 0) is 0 Å². The largest absolute Gasteiger partial charge is 0.508 e. The van der Waals surface area contributed by atoms with Gasteiger partial charge in [-0.15, -0.1) is 6.58 Å². The first-order valence-electron chi connectivity index (χ1n) is 8.53. The van der Waals surface area contributed by atoms with Crippen molar-refractivity contribution in [3.63, 3.8) is 0 Å². The number of benzene rings is 3. The molecule has 0 fully saturated rings. The molecule has 122 valence electrons. The fourth-order valence-corrected chi connectivity index (χ4v) is 3.35. The van der Waals surface area contributed by atoms with Crippen LogP contribution >= 0.6 is 0 Å². The van der Waals surface area contributed by atoms with Gasteiger partial charge in [0.15, 0.2) is 0 Å². The van der Waals surface area contributed by atoms with E-state index >= 15 is 0 Å². The van der Waals surface area contributed by atoms with Gasteiger partial charge in [0.2, 0.25) is 0 Å². The van der Waals surface area contributed by atoms with Crippen LogP contribution in [0.25, 0.3) is 10.8 Å². The lowest BCUT2D eigenvalue weighted by Gasteiger charge is -2.20. The van der Waals surface area contributed by atoms with Crippen molar-refractivity contribution in [3.8, 4) is 5.75 Å². The molecular weight excluding hydrogens is 292 g/mol. The van der Waals surface area contributed by atoms with Crippen molar-refractivity contribution in [3.05, 3.63) is 90.0 Å².